The number of aromatic hydroxyl groups is 1. The van der Waals surface area contributed by atoms with E-state index in [1.807, 2.05) is 0 Å². The molecule has 21 heavy (non-hydrogen) atoms. The molecule has 5 nitrogen and oxygen atoms in total. The number of carbonyl (C=O) groups is 1. The summed E-state index contributed by atoms with van der Waals surface area (Å²) in [6.07, 6.45) is 1.37. The van der Waals surface area contributed by atoms with Crippen molar-refractivity contribution in [2.45, 2.75) is 13.8 Å². The fourth-order valence-corrected chi connectivity index (χ4v) is 2.32. The Morgan fingerprint density at radius 2 is 2.05 bits per heavy atom. The zero-order valence-corrected chi connectivity index (χ0v) is 14.6. The molecule has 0 unspecified atom stereocenters. The molecule has 0 heterocycles. The first-order valence-corrected chi connectivity index (χ1v) is 7.67. The van der Waals surface area contributed by atoms with Crippen LogP contribution in [0.4, 0.5) is 0 Å². The summed E-state index contributed by atoms with van der Waals surface area (Å²) < 4.78 is 11.0. The zero-order valence-electron chi connectivity index (χ0n) is 11.4. The minimum atomic E-state index is -0.700. The quantitative estimate of drug-likeness (QED) is 0.447. The van der Waals surface area contributed by atoms with E-state index in [9.17, 15) is 9.90 Å². The molecule has 0 aliphatic carbocycles. The second kappa shape index (κ2) is 8.05. The van der Waals surface area contributed by atoms with Crippen LogP contribution in [-0.2, 0) is 9.53 Å². The largest absolute Gasteiger partial charge is 0.503 e. The Morgan fingerprint density at radius 3 is 2.57 bits per heavy atom. The third-order valence-corrected chi connectivity index (χ3v) is 4.55. The number of rotatable bonds is 5. The van der Waals surface area contributed by atoms with Crippen LogP contribution in [-0.4, -0.2) is 24.3 Å². The van der Waals surface area contributed by atoms with Gasteiger partial charge in [0.2, 0.25) is 0 Å². The van der Waals surface area contributed by atoms with Crippen molar-refractivity contribution >= 4 is 43.9 Å². The number of carbonyl (C=O) groups excluding carboxylic acids is 1. The lowest BCUT2D eigenvalue weighted by Gasteiger charge is -2.11. The number of nitrogens with zero attached hydrogens (tertiary/aromatic N) is 1. The number of phenolic OH excluding ortho intramolecular Hbond substituents is 1. The topological polar surface area (TPSA) is 79.6 Å². The Hall–Kier alpha value is -1.52. The SMILES string of the molecule is CCOC(=O)C(C#N)=Cc1cc(OCC)c(O)c(Br)c1Br. The van der Waals surface area contributed by atoms with Crippen LogP contribution in [0.15, 0.2) is 20.6 Å². The van der Waals surface area contributed by atoms with Crippen LogP contribution in [0.3, 0.4) is 0 Å². The summed E-state index contributed by atoms with van der Waals surface area (Å²) >= 11 is 6.52. The lowest BCUT2D eigenvalue weighted by molar-refractivity contribution is -0.137. The summed E-state index contributed by atoms with van der Waals surface area (Å²) in [7, 11) is 0. The molecule has 0 atom stereocenters. The highest BCUT2D eigenvalue weighted by Gasteiger charge is 2.17. The minimum absolute atomic E-state index is 0.0597. The van der Waals surface area contributed by atoms with E-state index in [1.54, 1.807) is 19.9 Å². The van der Waals surface area contributed by atoms with Gasteiger partial charge in [-0.1, -0.05) is 0 Å². The Balaban J connectivity index is 3.36. The van der Waals surface area contributed by atoms with Crippen LogP contribution >= 0.6 is 31.9 Å². The van der Waals surface area contributed by atoms with Crippen LogP contribution in [0.1, 0.15) is 19.4 Å². The third-order valence-electron chi connectivity index (χ3n) is 2.39. The second-order valence-corrected chi connectivity index (χ2v) is 5.35. The third kappa shape index (κ3) is 4.22. The van der Waals surface area contributed by atoms with Crippen molar-refractivity contribution in [3.63, 3.8) is 0 Å². The maximum Gasteiger partial charge on any atom is 0.348 e. The van der Waals surface area contributed by atoms with E-state index >= 15 is 0 Å². The van der Waals surface area contributed by atoms with Crippen molar-refractivity contribution in [3.8, 4) is 17.6 Å². The van der Waals surface area contributed by atoms with Gasteiger partial charge in [0, 0.05) is 4.47 Å². The van der Waals surface area contributed by atoms with Crippen molar-refractivity contribution in [3.05, 3.63) is 26.1 Å². The highest BCUT2D eigenvalue weighted by Crippen LogP contribution is 2.42. The summed E-state index contributed by atoms with van der Waals surface area (Å²) in [5.74, 6) is -0.510. The fourth-order valence-electron chi connectivity index (χ4n) is 1.48. The number of hydrogen-bond donors (Lipinski definition) is 1. The molecular weight excluding hydrogens is 406 g/mol. The number of nitriles is 1. The number of phenols is 1. The fraction of sp³-hybridized carbons (Fsp3) is 0.286. The molecule has 0 saturated heterocycles. The Bertz CT molecular complexity index is 620. The maximum atomic E-state index is 11.6. The predicted molar refractivity (Wildman–Crippen MR) is 84.9 cm³/mol. The molecule has 1 aromatic rings. The molecule has 0 fully saturated rings. The molecule has 0 aliphatic heterocycles. The summed E-state index contributed by atoms with van der Waals surface area (Å²) in [5.41, 5.74) is 0.366. The zero-order chi connectivity index (χ0) is 16.0. The van der Waals surface area contributed by atoms with Crippen LogP contribution in [0, 0.1) is 11.3 Å². The van der Waals surface area contributed by atoms with Crippen molar-refractivity contribution < 1.29 is 19.4 Å². The Kier molecular flexibility index (Phi) is 6.72. The molecule has 7 heteroatoms. The second-order valence-electron chi connectivity index (χ2n) is 3.76. The van der Waals surface area contributed by atoms with Gasteiger partial charge in [0.05, 0.1) is 17.7 Å². The number of hydrogen-bond acceptors (Lipinski definition) is 5. The summed E-state index contributed by atoms with van der Waals surface area (Å²) in [6, 6.07) is 3.33. The summed E-state index contributed by atoms with van der Waals surface area (Å²) in [5, 5.41) is 19.0. The molecule has 1 rings (SSSR count). The number of esters is 1. The highest BCUT2D eigenvalue weighted by molar-refractivity contribution is 9.13. The van der Waals surface area contributed by atoms with Crippen LogP contribution < -0.4 is 4.74 Å². The lowest BCUT2D eigenvalue weighted by atomic mass is 10.1. The standard InChI is InChI=1S/C14H13Br2NO4/c1-3-20-10-6-8(11(15)12(16)13(10)18)5-9(7-17)14(19)21-4-2/h5-6,18H,3-4H2,1-2H3. The van der Waals surface area contributed by atoms with Crippen LogP contribution in [0.5, 0.6) is 11.5 Å². The average molecular weight is 419 g/mol. The lowest BCUT2D eigenvalue weighted by Crippen LogP contribution is -2.06. The van der Waals surface area contributed by atoms with Crippen molar-refractivity contribution in [1.82, 2.24) is 0 Å². The van der Waals surface area contributed by atoms with Gasteiger partial charge in [0.25, 0.3) is 0 Å². The van der Waals surface area contributed by atoms with Gasteiger partial charge >= 0.3 is 5.97 Å². The molecule has 0 aliphatic rings. The molecule has 0 aromatic heterocycles. The first-order valence-electron chi connectivity index (χ1n) is 6.08. The van der Waals surface area contributed by atoms with Gasteiger partial charge in [0.1, 0.15) is 11.6 Å². The highest BCUT2D eigenvalue weighted by atomic mass is 79.9. The van der Waals surface area contributed by atoms with Gasteiger partial charge in [-0.3, -0.25) is 0 Å². The first-order chi connectivity index (χ1) is 9.96. The van der Waals surface area contributed by atoms with Crippen LogP contribution in [0.2, 0.25) is 0 Å². The molecule has 112 valence electrons. The minimum Gasteiger partial charge on any atom is -0.503 e. The van der Waals surface area contributed by atoms with E-state index in [2.05, 4.69) is 31.9 Å². The number of benzene rings is 1. The van der Waals surface area contributed by atoms with Gasteiger partial charge < -0.3 is 14.6 Å². The molecule has 0 radical (unpaired) electrons. The maximum absolute atomic E-state index is 11.6. The molecule has 0 bridgehead atoms. The van der Waals surface area contributed by atoms with E-state index in [4.69, 9.17) is 14.7 Å². The van der Waals surface area contributed by atoms with E-state index in [1.165, 1.54) is 12.1 Å². The summed E-state index contributed by atoms with van der Waals surface area (Å²) in [6.45, 7) is 3.99. The summed E-state index contributed by atoms with van der Waals surface area (Å²) in [4.78, 5) is 11.6. The predicted octanol–water partition coefficient (Wildman–Crippen LogP) is 3.79. The molecule has 0 saturated carbocycles. The normalized spacial score (nSPS) is 10.9. The van der Waals surface area contributed by atoms with E-state index in [-0.39, 0.29) is 23.7 Å². The van der Waals surface area contributed by atoms with Crippen molar-refractivity contribution in [1.29, 1.82) is 5.26 Å². The van der Waals surface area contributed by atoms with Gasteiger partial charge in [-0.05, 0) is 63.4 Å². The molecule has 0 amide bonds. The molecule has 0 spiro atoms. The first kappa shape index (κ1) is 17.5. The smallest absolute Gasteiger partial charge is 0.348 e. The van der Waals surface area contributed by atoms with Gasteiger partial charge in [-0.2, -0.15) is 5.26 Å². The van der Waals surface area contributed by atoms with E-state index < -0.39 is 5.97 Å². The van der Waals surface area contributed by atoms with Crippen molar-refractivity contribution in [2.24, 2.45) is 0 Å². The van der Waals surface area contributed by atoms with E-state index in [0.717, 1.165) is 0 Å². The van der Waals surface area contributed by atoms with E-state index in [0.29, 0.717) is 21.1 Å². The van der Waals surface area contributed by atoms with Crippen LogP contribution in [0.25, 0.3) is 6.08 Å². The Labute approximate surface area is 139 Å². The Morgan fingerprint density at radius 1 is 1.38 bits per heavy atom. The molecule has 1 N–H and O–H groups in total. The van der Waals surface area contributed by atoms with Gasteiger partial charge in [-0.15, -0.1) is 0 Å². The average Bonchev–Trinajstić information content (AvgIpc) is 2.47. The number of halogens is 2. The van der Waals surface area contributed by atoms with Gasteiger partial charge in [-0.25, -0.2) is 4.79 Å². The molecular formula is C14H13Br2NO4. The number of ether oxygens (including phenoxy) is 2. The monoisotopic (exact) mass is 417 g/mol. The van der Waals surface area contributed by atoms with Gasteiger partial charge in [0.15, 0.2) is 11.5 Å². The van der Waals surface area contributed by atoms with Crippen molar-refractivity contribution in [2.75, 3.05) is 13.2 Å². The molecule has 1 aromatic carbocycles.